The summed E-state index contributed by atoms with van der Waals surface area (Å²) in [4.78, 5) is 20.9. The van der Waals surface area contributed by atoms with E-state index in [-0.39, 0.29) is 12.3 Å². The lowest BCUT2D eigenvalue weighted by molar-refractivity contribution is 0.0529. The van der Waals surface area contributed by atoms with Gasteiger partial charge in [0.1, 0.15) is 22.8 Å². The van der Waals surface area contributed by atoms with Gasteiger partial charge in [-0.3, -0.25) is 0 Å². The fraction of sp³-hybridized carbons (Fsp3) is 0.133. The minimum atomic E-state index is -0.444. The van der Waals surface area contributed by atoms with Crippen molar-refractivity contribution in [3.63, 3.8) is 0 Å². The molecule has 3 rings (SSSR count). The Bertz CT molecular complexity index is 835. The number of fused-ring (bicyclic) bond motifs is 1. The Hall–Kier alpha value is -2.54. The summed E-state index contributed by atoms with van der Waals surface area (Å²) >= 11 is 1.31. The summed E-state index contributed by atoms with van der Waals surface area (Å²) in [5, 5.41) is 5.12. The van der Waals surface area contributed by atoms with Gasteiger partial charge in [0.25, 0.3) is 0 Å². The molecule has 3 aromatic rings. The van der Waals surface area contributed by atoms with Crippen molar-refractivity contribution in [2.24, 2.45) is 0 Å². The monoisotopic (exact) mass is 317 g/mol. The van der Waals surface area contributed by atoms with Gasteiger partial charge in [0.2, 0.25) is 0 Å². The average Bonchev–Trinajstić information content (AvgIpc) is 2.95. The lowest BCUT2D eigenvalue weighted by Gasteiger charge is -2.08. The van der Waals surface area contributed by atoms with E-state index in [0.717, 1.165) is 0 Å². The van der Waals surface area contributed by atoms with Crippen molar-refractivity contribution in [1.82, 2.24) is 9.97 Å². The van der Waals surface area contributed by atoms with Crippen molar-refractivity contribution in [3.8, 4) is 0 Å². The number of esters is 1. The van der Waals surface area contributed by atoms with Gasteiger partial charge in [-0.05, 0) is 19.1 Å². The van der Waals surface area contributed by atoms with Crippen molar-refractivity contribution >= 4 is 39.0 Å². The lowest BCUT2D eigenvalue weighted by Crippen LogP contribution is -2.05. The second-order valence-corrected chi connectivity index (χ2v) is 5.24. The number of para-hydroxylation sites is 1. The summed E-state index contributed by atoms with van der Waals surface area (Å²) in [6.07, 6.45) is 1.37. The summed E-state index contributed by atoms with van der Waals surface area (Å²) < 4.78 is 18.8. The molecule has 2 heterocycles. The Morgan fingerprint density at radius 1 is 1.36 bits per heavy atom. The summed E-state index contributed by atoms with van der Waals surface area (Å²) in [5.41, 5.74) is 0.657. The molecule has 5 nitrogen and oxygen atoms in total. The first-order valence-electron chi connectivity index (χ1n) is 6.61. The van der Waals surface area contributed by atoms with E-state index in [9.17, 15) is 9.18 Å². The Morgan fingerprint density at radius 2 is 2.18 bits per heavy atom. The first-order chi connectivity index (χ1) is 10.7. The number of hydrogen-bond donors (Lipinski definition) is 1. The predicted molar refractivity (Wildman–Crippen MR) is 83.1 cm³/mol. The minimum Gasteiger partial charge on any atom is -0.462 e. The SMILES string of the molecule is CCOC(=O)c1csc2ncnc(Nc3ccccc3F)c12. The number of rotatable bonds is 4. The Kier molecular flexibility index (Phi) is 3.97. The molecule has 0 bridgehead atoms. The summed E-state index contributed by atoms with van der Waals surface area (Å²) in [5.74, 6) is -0.471. The molecule has 22 heavy (non-hydrogen) atoms. The van der Waals surface area contributed by atoms with E-state index in [1.165, 1.54) is 23.7 Å². The molecular weight excluding hydrogens is 305 g/mol. The van der Waals surface area contributed by atoms with Crippen LogP contribution in [-0.2, 0) is 4.74 Å². The van der Waals surface area contributed by atoms with Gasteiger partial charge in [0, 0.05) is 5.38 Å². The molecule has 0 aliphatic rings. The van der Waals surface area contributed by atoms with Crippen LogP contribution in [0.3, 0.4) is 0 Å². The molecule has 0 saturated carbocycles. The maximum Gasteiger partial charge on any atom is 0.339 e. The zero-order chi connectivity index (χ0) is 15.5. The smallest absolute Gasteiger partial charge is 0.339 e. The molecule has 0 spiro atoms. The number of carbonyl (C=O) groups is 1. The molecule has 0 saturated heterocycles. The highest BCUT2D eigenvalue weighted by Crippen LogP contribution is 2.31. The molecule has 112 valence electrons. The molecule has 7 heteroatoms. The molecule has 0 amide bonds. The highest BCUT2D eigenvalue weighted by Gasteiger charge is 2.18. The quantitative estimate of drug-likeness (QED) is 0.742. The molecular formula is C15H12FN3O2S. The average molecular weight is 317 g/mol. The van der Waals surface area contributed by atoms with Gasteiger partial charge in [-0.1, -0.05) is 12.1 Å². The van der Waals surface area contributed by atoms with Crippen LogP contribution in [-0.4, -0.2) is 22.5 Å². The third kappa shape index (κ3) is 2.62. The van der Waals surface area contributed by atoms with Gasteiger partial charge in [0.15, 0.2) is 0 Å². The number of thiophene rings is 1. The third-order valence-corrected chi connectivity index (χ3v) is 3.88. The number of nitrogens with zero attached hydrogens (tertiary/aromatic N) is 2. The van der Waals surface area contributed by atoms with Crippen molar-refractivity contribution in [3.05, 3.63) is 47.4 Å². The molecule has 0 unspecified atom stereocenters. The molecule has 0 aliphatic carbocycles. The van der Waals surface area contributed by atoms with Crippen LogP contribution in [0.5, 0.6) is 0 Å². The third-order valence-electron chi connectivity index (χ3n) is 2.99. The number of carbonyl (C=O) groups excluding carboxylic acids is 1. The van der Waals surface area contributed by atoms with Crippen LogP contribution >= 0.6 is 11.3 Å². The van der Waals surface area contributed by atoms with Crippen molar-refractivity contribution in [2.45, 2.75) is 6.92 Å². The van der Waals surface area contributed by atoms with Crippen LogP contribution in [0.2, 0.25) is 0 Å². The summed E-state index contributed by atoms with van der Waals surface area (Å²) in [6.45, 7) is 2.02. The normalized spacial score (nSPS) is 10.6. The lowest BCUT2D eigenvalue weighted by atomic mass is 10.2. The van der Waals surface area contributed by atoms with Crippen LogP contribution < -0.4 is 5.32 Å². The maximum atomic E-state index is 13.8. The Morgan fingerprint density at radius 3 is 2.95 bits per heavy atom. The molecule has 0 atom stereocenters. The first-order valence-corrected chi connectivity index (χ1v) is 7.49. The highest BCUT2D eigenvalue weighted by atomic mass is 32.1. The van der Waals surface area contributed by atoms with Crippen LogP contribution in [0.25, 0.3) is 10.2 Å². The van der Waals surface area contributed by atoms with E-state index < -0.39 is 11.8 Å². The Balaban J connectivity index is 2.08. The number of benzene rings is 1. The molecule has 0 radical (unpaired) electrons. The van der Waals surface area contributed by atoms with Crippen molar-refractivity contribution < 1.29 is 13.9 Å². The van der Waals surface area contributed by atoms with E-state index in [2.05, 4.69) is 15.3 Å². The van der Waals surface area contributed by atoms with Crippen LogP contribution in [0.1, 0.15) is 17.3 Å². The van der Waals surface area contributed by atoms with E-state index in [1.807, 2.05) is 0 Å². The zero-order valence-corrected chi connectivity index (χ0v) is 12.5. The fourth-order valence-corrected chi connectivity index (χ4v) is 2.90. The van der Waals surface area contributed by atoms with Crippen molar-refractivity contribution in [1.29, 1.82) is 0 Å². The summed E-state index contributed by atoms with van der Waals surface area (Å²) in [7, 11) is 0. The highest BCUT2D eigenvalue weighted by molar-refractivity contribution is 7.17. The molecule has 1 N–H and O–H groups in total. The number of ether oxygens (including phenoxy) is 1. The van der Waals surface area contributed by atoms with Gasteiger partial charge in [-0.2, -0.15) is 0 Å². The van der Waals surface area contributed by atoms with Crippen LogP contribution in [0, 0.1) is 5.82 Å². The molecule has 2 aromatic heterocycles. The van der Waals surface area contributed by atoms with Gasteiger partial charge in [-0.15, -0.1) is 11.3 Å². The van der Waals surface area contributed by atoms with E-state index in [4.69, 9.17) is 4.74 Å². The minimum absolute atomic E-state index is 0.278. The second kappa shape index (κ2) is 6.07. The Labute approximate surface area is 129 Å². The van der Waals surface area contributed by atoms with Gasteiger partial charge >= 0.3 is 5.97 Å². The number of hydrogen-bond acceptors (Lipinski definition) is 6. The summed E-state index contributed by atoms with van der Waals surface area (Å²) in [6, 6.07) is 6.26. The van der Waals surface area contributed by atoms with Gasteiger partial charge in [-0.25, -0.2) is 19.2 Å². The standard InChI is InChI=1S/C15H12FN3O2S/c1-2-21-15(20)9-7-22-14-12(9)13(17-8-18-14)19-11-6-4-3-5-10(11)16/h3-8H,2H2,1H3,(H,17,18,19). The fourth-order valence-electron chi connectivity index (χ4n) is 2.02. The topological polar surface area (TPSA) is 64.1 Å². The predicted octanol–water partition coefficient (Wildman–Crippen LogP) is 3.75. The number of anilines is 2. The first kappa shape index (κ1) is 14.4. The van der Waals surface area contributed by atoms with Crippen molar-refractivity contribution in [2.75, 3.05) is 11.9 Å². The maximum absolute atomic E-state index is 13.8. The largest absolute Gasteiger partial charge is 0.462 e. The molecule has 0 aliphatic heterocycles. The zero-order valence-electron chi connectivity index (χ0n) is 11.7. The molecule has 1 aromatic carbocycles. The molecule has 0 fully saturated rings. The van der Waals surface area contributed by atoms with Crippen LogP contribution in [0.4, 0.5) is 15.9 Å². The second-order valence-electron chi connectivity index (χ2n) is 4.38. The number of nitrogens with one attached hydrogen (secondary N) is 1. The number of halogens is 1. The van der Waals surface area contributed by atoms with Crippen LogP contribution in [0.15, 0.2) is 36.0 Å². The van der Waals surface area contributed by atoms with E-state index >= 15 is 0 Å². The van der Waals surface area contributed by atoms with Gasteiger partial charge in [0.05, 0.1) is 23.2 Å². The van der Waals surface area contributed by atoms with E-state index in [1.54, 1.807) is 30.5 Å². The number of aromatic nitrogens is 2. The van der Waals surface area contributed by atoms with Gasteiger partial charge < -0.3 is 10.1 Å². The van der Waals surface area contributed by atoms with E-state index in [0.29, 0.717) is 21.6 Å².